The normalized spacial score (nSPS) is 15.0. The van der Waals surface area contributed by atoms with Crippen molar-refractivity contribution in [1.29, 1.82) is 0 Å². The van der Waals surface area contributed by atoms with Crippen LogP contribution in [0.1, 0.15) is 69.2 Å². The van der Waals surface area contributed by atoms with Crippen LogP contribution in [0.25, 0.3) is 0 Å². The molecule has 4 amide bonds. The van der Waals surface area contributed by atoms with Gasteiger partial charge in [-0.25, -0.2) is 4.79 Å². The molecule has 11 nitrogen and oxygen atoms in total. The molecule has 0 bridgehead atoms. The molecule has 0 saturated heterocycles. The van der Waals surface area contributed by atoms with Crippen molar-refractivity contribution in [1.82, 2.24) is 15.5 Å². The number of primary amides is 1. The van der Waals surface area contributed by atoms with Crippen LogP contribution in [0.5, 0.6) is 0 Å². The molecule has 204 valence electrons. The number of nitrogens with two attached hydrogens (primary N) is 1. The number of methoxy groups -OCH3 is 1. The topological polar surface area (TPSA) is 157 Å². The lowest BCUT2D eigenvalue weighted by molar-refractivity contribution is -0.149. The van der Waals surface area contributed by atoms with E-state index in [4.69, 9.17) is 10.5 Å². The van der Waals surface area contributed by atoms with Crippen LogP contribution in [0.2, 0.25) is 0 Å². The third-order valence-electron chi connectivity index (χ3n) is 6.00. The van der Waals surface area contributed by atoms with E-state index in [2.05, 4.69) is 15.4 Å². The van der Waals surface area contributed by atoms with Gasteiger partial charge in [-0.3, -0.25) is 19.2 Å². The second-order valence-electron chi connectivity index (χ2n) is 10.3. The van der Waals surface area contributed by atoms with Gasteiger partial charge in [0.2, 0.25) is 17.7 Å². The molecule has 1 aliphatic rings. The number of carbonyl (C=O) groups excluding carboxylic acids is 5. The summed E-state index contributed by atoms with van der Waals surface area (Å²) in [6.07, 6.45) is 0.738. The summed E-state index contributed by atoms with van der Waals surface area (Å²) in [5.41, 5.74) is 6.86. The number of nitrogens with one attached hydrogen (secondary N) is 2. The minimum absolute atomic E-state index is 0.321. The molecule has 2 rings (SSSR count). The van der Waals surface area contributed by atoms with E-state index in [1.165, 1.54) is 12.0 Å². The maximum Gasteiger partial charge on any atom is 0.408 e. The van der Waals surface area contributed by atoms with Gasteiger partial charge >= 0.3 is 12.1 Å². The van der Waals surface area contributed by atoms with E-state index in [9.17, 15) is 24.0 Å². The number of hydrogen-bond acceptors (Lipinski definition) is 7. The van der Waals surface area contributed by atoms with Crippen LogP contribution in [0.3, 0.4) is 0 Å². The lowest BCUT2D eigenvalue weighted by Crippen LogP contribution is -2.58. The van der Waals surface area contributed by atoms with Crippen LogP contribution in [-0.4, -0.2) is 66.0 Å². The molecule has 11 heteroatoms. The Labute approximate surface area is 217 Å². The first-order valence-electron chi connectivity index (χ1n) is 12.2. The molecule has 1 saturated carbocycles. The third-order valence-corrected chi connectivity index (χ3v) is 6.00. The number of aryl methyl sites for hydroxylation is 2. The number of rotatable bonds is 10. The Morgan fingerprint density at radius 2 is 1.78 bits per heavy atom. The smallest absolute Gasteiger partial charge is 0.408 e. The van der Waals surface area contributed by atoms with Crippen molar-refractivity contribution in [2.45, 2.75) is 84.0 Å². The number of esters is 1. The minimum Gasteiger partial charge on any atom is -0.468 e. The highest BCUT2D eigenvalue weighted by molar-refractivity contribution is 5.95. The Morgan fingerprint density at radius 3 is 2.27 bits per heavy atom. The summed E-state index contributed by atoms with van der Waals surface area (Å²) in [5, 5.41) is 5.01. The van der Waals surface area contributed by atoms with Crippen molar-refractivity contribution >= 4 is 29.8 Å². The summed E-state index contributed by atoms with van der Waals surface area (Å²) in [5.74, 6) is -2.69. The summed E-state index contributed by atoms with van der Waals surface area (Å²) in [6, 6.07) is 2.67. The molecular weight excluding hydrogens is 480 g/mol. The van der Waals surface area contributed by atoms with Crippen molar-refractivity contribution in [3.63, 3.8) is 0 Å². The maximum atomic E-state index is 14.0. The zero-order chi connectivity index (χ0) is 27.9. The van der Waals surface area contributed by atoms with Gasteiger partial charge in [0, 0.05) is 6.04 Å². The van der Waals surface area contributed by atoms with Gasteiger partial charge in [0.1, 0.15) is 24.2 Å². The van der Waals surface area contributed by atoms with Crippen molar-refractivity contribution in [3.05, 3.63) is 34.9 Å². The fourth-order valence-corrected chi connectivity index (χ4v) is 4.09. The summed E-state index contributed by atoms with van der Waals surface area (Å²) in [6.45, 7) is 8.35. The monoisotopic (exact) mass is 518 g/mol. The van der Waals surface area contributed by atoms with Crippen LogP contribution in [0.15, 0.2) is 18.2 Å². The van der Waals surface area contributed by atoms with Gasteiger partial charge in [-0.1, -0.05) is 23.8 Å². The molecule has 1 aromatic carbocycles. The number of benzene rings is 1. The van der Waals surface area contributed by atoms with Gasteiger partial charge in [-0.15, -0.1) is 0 Å². The summed E-state index contributed by atoms with van der Waals surface area (Å²) in [4.78, 5) is 65.0. The predicted molar refractivity (Wildman–Crippen MR) is 135 cm³/mol. The van der Waals surface area contributed by atoms with Gasteiger partial charge in [-0.05, 0) is 65.0 Å². The van der Waals surface area contributed by atoms with Gasteiger partial charge < -0.3 is 30.7 Å². The quantitative estimate of drug-likeness (QED) is 0.398. The van der Waals surface area contributed by atoms with E-state index in [1.807, 2.05) is 26.0 Å². The van der Waals surface area contributed by atoms with Crippen molar-refractivity contribution in [3.8, 4) is 0 Å². The molecular formula is C26H38N4O7. The lowest BCUT2D eigenvalue weighted by atomic mass is 9.87. The number of ether oxygens (including phenoxy) is 2. The molecule has 2 unspecified atom stereocenters. The second-order valence-corrected chi connectivity index (χ2v) is 10.3. The standard InChI is InChI=1S/C26H38N4O7/c1-15-10-11-18(16(2)12-15)22(23(33)28-14-21(32)36-6)30(17-8-7-9-17)24(34)19(13-20(27)31)29-25(35)37-26(3,4)5/h10-12,17,19,22H,7-9,13-14H2,1-6H3,(H2,27,31)(H,28,33)(H,29,35). The highest BCUT2D eigenvalue weighted by Gasteiger charge is 2.42. The third kappa shape index (κ3) is 8.47. The highest BCUT2D eigenvalue weighted by Crippen LogP contribution is 2.35. The molecule has 0 aromatic heterocycles. The Kier molecular flexibility index (Phi) is 10.0. The Balaban J connectivity index is 2.53. The molecule has 0 radical (unpaired) electrons. The second kappa shape index (κ2) is 12.6. The first-order chi connectivity index (χ1) is 17.2. The number of nitrogens with zero attached hydrogens (tertiary/aromatic N) is 1. The highest BCUT2D eigenvalue weighted by atomic mass is 16.6. The zero-order valence-electron chi connectivity index (χ0n) is 22.4. The van der Waals surface area contributed by atoms with E-state index in [1.54, 1.807) is 26.8 Å². The largest absolute Gasteiger partial charge is 0.468 e. The molecule has 0 spiro atoms. The fraction of sp³-hybridized carbons (Fsp3) is 0.577. The Hall–Kier alpha value is -3.63. The Bertz CT molecular complexity index is 1030. The summed E-state index contributed by atoms with van der Waals surface area (Å²) >= 11 is 0. The predicted octanol–water partition coefficient (Wildman–Crippen LogP) is 1.78. The van der Waals surface area contributed by atoms with E-state index in [-0.39, 0.29) is 12.6 Å². The SMILES string of the molecule is COC(=O)CNC(=O)C(c1ccc(C)cc1C)N(C(=O)C(CC(N)=O)NC(=O)OC(C)(C)C)C1CCC1. The van der Waals surface area contributed by atoms with Gasteiger partial charge in [0.15, 0.2) is 0 Å². The lowest BCUT2D eigenvalue weighted by Gasteiger charge is -2.43. The summed E-state index contributed by atoms with van der Waals surface area (Å²) < 4.78 is 9.91. The fourth-order valence-electron chi connectivity index (χ4n) is 4.09. The van der Waals surface area contributed by atoms with E-state index in [0.717, 1.165) is 17.5 Å². The van der Waals surface area contributed by atoms with Crippen molar-refractivity contribution < 1.29 is 33.4 Å². The molecule has 0 aliphatic heterocycles. The first kappa shape index (κ1) is 29.6. The molecule has 2 atom stereocenters. The van der Waals surface area contributed by atoms with Gasteiger partial charge in [0.05, 0.1) is 13.5 Å². The number of amides is 4. The molecule has 1 fully saturated rings. The van der Waals surface area contributed by atoms with Gasteiger partial charge in [0.25, 0.3) is 0 Å². The van der Waals surface area contributed by atoms with Crippen LogP contribution < -0.4 is 16.4 Å². The molecule has 37 heavy (non-hydrogen) atoms. The zero-order valence-corrected chi connectivity index (χ0v) is 22.4. The number of alkyl carbamates (subject to hydrolysis) is 1. The van der Waals surface area contributed by atoms with Crippen molar-refractivity contribution in [2.24, 2.45) is 5.73 Å². The number of carbonyl (C=O) groups is 5. The van der Waals surface area contributed by atoms with E-state index >= 15 is 0 Å². The van der Waals surface area contributed by atoms with E-state index < -0.39 is 53.9 Å². The van der Waals surface area contributed by atoms with Crippen LogP contribution >= 0.6 is 0 Å². The Morgan fingerprint density at radius 1 is 1.14 bits per heavy atom. The average molecular weight is 519 g/mol. The minimum atomic E-state index is -1.35. The molecule has 1 aliphatic carbocycles. The average Bonchev–Trinajstić information content (AvgIpc) is 2.74. The molecule has 1 aromatic rings. The molecule has 4 N–H and O–H groups in total. The van der Waals surface area contributed by atoms with Crippen LogP contribution in [0, 0.1) is 13.8 Å². The first-order valence-corrected chi connectivity index (χ1v) is 12.2. The molecule has 0 heterocycles. The van der Waals surface area contributed by atoms with Gasteiger partial charge in [-0.2, -0.15) is 0 Å². The summed E-state index contributed by atoms with van der Waals surface area (Å²) in [7, 11) is 1.21. The maximum absolute atomic E-state index is 14.0. The van der Waals surface area contributed by atoms with Crippen molar-refractivity contribution in [2.75, 3.05) is 13.7 Å². The number of hydrogen-bond donors (Lipinski definition) is 3. The van der Waals surface area contributed by atoms with Crippen LogP contribution in [-0.2, 0) is 28.7 Å². The van der Waals surface area contributed by atoms with E-state index in [0.29, 0.717) is 18.4 Å². The van der Waals surface area contributed by atoms with Crippen LogP contribution in [0.4, 0.5) is 4.79 Å².